The maximum atomic E-state index is 13.8. The zero-order valence-corrected chi connectivity index (χ0v) is 52.9. The van der Waals surface area contributed by atoms with Gasteiger partial charge in [0.1, 0.15) is 12.2 Å². The number of carbonyl (C=O) groups excluding carboxylic acids is 4. The number of phosphoric acid groups is 1. The molecule has 458 valence electrons. The number of nitrogens with zero attached hydrogens (tertiary/aromatic N) is 1. The summed E-state index contributed by atoms with van der Waals surface area (Å²) in [5, 5.41) is 13.2. The third-order valence-corrected chi connectivity index (χ3v) is 17.2. The van der Waals surface area contributed by atoms with E-state index in [0.29, 0.717) is 32.3 Å². The van der Waals surface area contributed by atoms with Crippen molar-refractivity contribution in [3.8, 4) is 6.07 Å². The third-order valence-electron chi connectivity index (χ3n) is 16.2. The van der Waals surface area contributed by atoms with Crippen molar-refractivity contribution in [1.82, 2.24) is 5.32 Å². The maximum Gasteiger partial charge on any atom is 0.472 e. The molecular weight excluding hydrogens is 1010 g/mol. The van der Waals surface area contributed by atoms with E-state index in [0.717, 1.165) is 38.5 Å². The second-order valence-corrected chi connectivity index (χ2v) is 26.1. The fraction of sp³-hybridized carbons (Fsp3) is 0.921. The van der Waals surface area contributed by atoms with Gasteiger partial charge in [0.15, 0.2) is 6.10 Å². The van der Waals surface area contributed by atoms with Gasteiger partial charge in [0.25, 0.3) is 0 Å². The van der Waals surface area contributed by atoms with Crippen LogP contribution >= 0.6 is 7.82 Å². The highest BCUT2D eigenvalue weighted by Crippen LogP contribution is 2.52. The van der Waals surface area contributed by atoms with E-state index in [-0.39, 0.29) is 63.2 Å². The van der Waals surface area contributed by atoms with E-state index in [1.165, 1.54) is 141 Å². The quantitative estimate of drug-likeness (QED) is 0.0253. The Bertz CT molecular complexity index is 1650. The second-order valence-electron chi connectivity index (χ2n) is 24.6. The number of phosphoric ester groups is 1. The number of hydrogen-bond donors (Lipinski definition) is 2. The standard InChI is InChI=1S/C63H119N2O12P/c1-12-14-16-18-20-22-24-26-28-30-32-34-36-38-40-42-57(67)73-50-55(76-58(68)43-41-39-37-35-33-31-29-27-25-23-21-19-17-15-13-2)51-75-78(70,71)74-49-47-65-56(66)44-45-62(9,53-64)60(5,6)52-63(10,54(3)4)59(69)77-61(7,8)46-48-72-11/h54-55H,12-52H2,1-11H3,(H,65,66)(H,70,71)/t55-,62?,63?/m1/s1. The van der Waals surface area contributed by atoms with Crippen molar-refractivity contribution in [2.45, 2.75) is 312 Å². The minimum Gasteiger partial charge on any atom is -0.462 e. The van der Waals surface area contributed by atoms with Gasteiger partial charge < -0.3 is 29.2 Å². The average Bonchev–Trinajstić information content (AvgIpc) is 3.38. The van der Waals surface area contributed by atoms with Crippen molar-refractivity contribution in [3.63, 3.8) is 0 Å². The summed E-state index contributed by atoms with van der Waals surface area (Å²) in [6.45, 7) is 18.8. The largest absolute Gasteiger partial charge is 0.472 e. The minimum absolute atomic E-state index is 0.0156. The van der Waals surface area contributed by atoms with Gasteiger partial charge in [-0.3, -0.25) is 28.2 Å². The molecule has 0 bridgehead atoms. The summed E-state index contributed by atoms with van der Waals surface area (Å²) in [7, 11) is -3.09. The van der Waals surface area contributed by atoms with Gasteiger partial charge in [-0.05, 0) is 64.7 Å². The number of unbranched alkanes of at least 4 members (excludes halogenated alkanes) is 28. The molecule has 0 spiro atoms. The number of hydrogen-bond acceptors (Lipinski definition) is 12. The molecule has 0 aromatic heterocycles. The highest BCUT2D eigenvalue weighted by atomic mass is 31.2. The van der Waals surface area contributed by atoms with Gasteiger partial charge in [-0.2, -0.15) is 5.26 Å². The van der Waals surface area contributed by atoms with Crippen LogP contribution in [0.4, 0.5) is 0 Å². The number of methoxy groups -OCH3 is 1. The highest BCUT2D eigenvalue weighted by molar-refractivity contribution is 7.47. The molecule has 3 unspecified atom stereocenters. The molecule has 4 atom stereocenters. The van der Waals surface area contributed by atoms with Crippen LogP contribution < -0.4 is 5.32 Å². The van der Waals surface area contributed by atoms with Gasteiger partial charge in [-0.25, -0.2) is 4.57 Å². The minimum atomic E-state index is -4.69. The van der Waals surface area contributed by atoms with E-state index in [9.17, 15) is 33.9 Å². The lowest BCUT2D eigenvalue weighted by atomic mass is 9.57. The van der Waals surface area contributed by atoms with Gasteiger partial charge in [0.2, 0.25) is 5.91 Å². The molecule has 0 aliphatic heterocycles. The molecule has 0 radical (unpaired) electrons. The van der Waals surface area contributed by atoms with Crippen molar-refractivity contribution in [1.29, 1.82) is 5.26 Å². The molecule has 15 heteroatoms. The smallest absolute Gasteiger partial charge is 0.462 e. The fourth-order valence-corrected chi connectivity index (χ4v) is 10.6. The maximum absolute atomic E-state index is 13.8. The molecule has 2 N–H and O–H groups in total. The van der Waals surface area contributed by atoms with E-state index < -0.39 is 54.3 Å². The van der Waals surface area contributed by atoms with Crippen molar-refractivity contribution >= 4 is 31.6 Å². The van der Waals surface area contributed by atoms with Crippen LogP contribution in [0, 0.1) is 33.5 Å². The third kappa shape index (κ3) is 38.2. The van der Waals surface area contributed by atoms with Crippen LogP contribution in [-0.4, -0.2) is 80.5 Å². The Hall–Kier alpha value is -2.56. The zero-order chi connectivity index (χ0) is 58.6. The molecule has 0 aliphatic carbocycles. The molecule has 0 heterocycles. The number of nitriles is 1. The fourth-order valence-electron chi connectivity index (χ4n) is 9.86. The summed E-state index contributed by atoms with van der Waals surface area (Å²) in [6.07, 6.45) is 36.7. The first-order valence-corrected chi connectivity index (χ1v) is 32.9. The van der Waals surface area contributed by atoms with E-state index in [1.807, 2.05) is 48.5 Å². The molecule has 0 fully saturated rings. The van der Waals surface area contributed by atoms with E-state index >= 15 is 0 Å². The molecular formula is C63H119N2O12P. The van der Waals surface area contributed by atoms with Crippen LogP contribution in [-0.2, 0) is 51.7 Å². The average molecular weight is 1130 g/mol. The topological polar surface area (TPSA) is 197 Å². The molecule has 0 aliphatic rings. The van der Waals surface area contributed by atoms with Gasteiger partial charge >= 0.3 is 25.7 Å². The Kier molecular flexibility index (Phi) is 43.5. The van der Waals surface area contributed by atoms with Crippen molar-refractivity contribution in [3.05, 3.63) is 0 Å². The molecule has 14 nitrogen and oxygen atoms in total. The Morgan fingerprint density at radius 3 is 1.41 bits per heavy atom. The molecule has 0 saturated heterocycles. The normalized spacial score (nSPS) is 14.7. The molecule has 1 amide bonds. The summed E-state index contributed by atoms with van der Waals surface area (Å²) in [5.41, 5.74) is -3.40. The highest BCUT2D eigenvalue weighted by Gasteiger charge is 2.50. The summed E-state index contributed by atoms with van der Waals surface area (Å²) in [6, 6.07) is 2.43. The second kappa shape index (κ2) is 45.0. The first-order valence-electron chi connectivity index (χ1n) is 31.4. The summed E-state index contributed by atoms with van der Waals surface area (Å²) in [4.78, 5) is 63.1. The van der Waals surface area contributed by atoms with E-state index in [4.69, 9.17) is 28.0 Å². The number of carbonyl (C=O) groups is 4. The van der Waals surface area contributed by atoms with Crippen LogP contribution in [0.3, 0.4) is 0 Å². The summed E-state index contributed by atoms with van der Waals surface area (Å²) >= 11 is 0. The molecule has 0 rings (SSSR count). The SMILES string of the molecule is CCCCCCCCCCCCCCCCCC(=O)OC[C@H](COP(=O)(O)OCCNC(=O)CCC(C)(C#N)C(C)(C)CC(C)(C(=O)OC(C)(C)CCOC)C(C)C)OC(=O)CCCCCCCCCCCCCCCCC. The van der Waals surface area contributed by atoms with Crippen LogP contribution in [0.2, 0.25) is 0 Å². The van der Waals surface area contributed by atoms with Crippen molar-refractivity contribution < 1.29 is 56.6 Å². The van der Waals surface area contributed by atoms with Crippen molar-refractivity contribution in [2.24, 2.45) is 22.2 Å². The number of amides is 1. The summed E-state index contributed by atoms with van der Waals surface area (Å²) < 4.78 is 45.8. The van der Waals surface area contributed by atoms with Crippen LogP contribution in [0.5, 0.6) is 0 Å². The van der Waals surface area contributed by atoms with Gasteiger partial charge in [0, 0.05) is 45.9 Å². The van der Waals surface area contributed by atoms with E-state index in [2.05, 4.69) is 25.2 Å². The Morgan fingerprint density at radius 1 is 0.577 bits per heavy atom. The van der Waals surface area contributed by atoms with E-state index in [1.54, 1.807) is 14.0 Å². The lowest BCUT2D eigenvalue weighted by Gasteiger charge is -2.46. The molecule has 0 aromatic rings. The number of esters is 3. The molecule has 78 heavy (non-hydrogen) atoms. The van der Waals surface area contributed by atoms with Crippen LogP contribution in [0.25, 0.3) is 0 Å². The van der Waals surface area contributed by atoms with Crippen molar-refractivity contribution in [2.75, 3.05) is 40.1 Å². The number of ether oxygens (including phenoxy) is 4. The van der Waals surface area contributed by atoms with Gasteiger partial charge in [-0.15, -0.1) is 0 Å². The van der Waals surface area contributed by atoms with Gasteiger partial charge in [0.05, 0.1) is 30.1 Å². The van der Waals surface area contributed by atoms with Crippen LogP contribution in [0.15, 0.2) is 0 Å². The first-order chi connectivity index (χ1) is 37.0. The predicted octanol–water partition coefficient (Wildman–Crippen LogP) is 17.0. The summed E-state index contributed by atoms with van der Waals surface area (Å²) in [5.74, 6) is -1.77. The molecule has 0 saturated carbocycles. The Labute approximate surface area is 477 Å². The van der Waals surface area contributed by atoms with Gasteiger partial charge in [-0.1, -0.05) is 221 Å². The Morgan fingerprint density at radius 2 is 1.00 bits per heavy atom. The molecule has 0 aromatic carbocycles. The number of rotatable bonds is 54. The lowest BCUT2D eigenvalue weighted by molar-refractivity contribution is -0.176. The predicted molar refractivity (Wildman–Crippen MR) is 316 cm³/mol. The lowest BCUT2D eigenvalue weighted by Crippen LogP contribution is -2.47. The zero-order valence-electron chi connectivity index (χ0n) is 52.0. The monoisotopic (exact) mass is 1130 g/mol. The van der Waals surface area contributed by atoms with Crippen LogP contribution in [0.1, 0.15) is 300 Å². The first kappa shape index (κ1) is 75.4. The number of nitrogens with one attached hydrogen (secondary N) is 1. The Balaban J connectivity index is 5.13.